The molecule has 2 aliphatic rings. The van der Waals surface area contributed by atoms with Crippen molar-refractivity contribution in [2.24, 2.45) is 5.92 Å². The monoisotopic (exact) mass is 258 g/mol. The maximum Gasteiger partial charge on any atom is 0.00506 e. The predicted octanol–water partition coefficient (Wildman–Crippen LogP) is 4.97. The van der Waals surface area contributed by atoms with Gasteiger partial charge in [0.2, 0.25) is 0 Å². The van der Waals surface area contributed by atoms with Crippen LogP contribution in [-0.2, 0) is 0 Å². The summed E-state index contributed by atoms with van der Waals surface area (Å²) in [5, 5.41) is 2.98. The van der Waals surface area contributed by atoms with E-state index in [2.05, 4.69) is 36.7 Å². The second kappa shape index (κ2) is 6.58. The van der Waals surface area contributed by atoms with E-state index in [4.69, 9.17) is 0 Å². The first kappa shape index (κ1) is 13.1. The molecule has 2 heteroatoms. The quantitative estimate of drug-likeness (QED) is 0.701. The summed E-state index contributed by atoms with van der Waals surface area (Å²) in [6.45, 7) is 2.42. The summed E-state index contributed by atoms with van der Waals surface area (Å²) in [4.78, 5) is 0. The summed E-state index contributed by atoms with van der Waals surface area (Å²) in [5.41, 5.74) is 0. The standard InChI is InChI=1S/C14H26S2/c1-11-3-5-13(6-4-11)16-14-9-7-12(15-2)8-10-14/h11-14H,3-10H2,1-2H3. The van der Waals surface area contributed by atoms with Crippen molar-refractivity contribution in [1.29, 1.82) is 0 Å². The van der Waals surface area contributed by atoms with E-state index < -0.39 is 0 Å². The van der Waals surface area contributed by atoms with E-state index in [1.54, 1.807) is 0 Å². The minimum absolute atomic E-state index is 0.975. The van der Waals surface area contributed by atoms with Crippen LogP contribution in [-0.4, -0.2) is 22.0 Å². The van der Waals surface area contributed by atoms with E-state index in [0.29, 0.717) is 0 Å². The third-order valence-corrected chi connectivity index (χ3v) is 7.15. The summed E-state index contributed by atoms with van der Waals surface area (Å²) >= 11 is 4.43. The van der Waals surface area contributed by atoms with Crippen LogP contribution in [0.1, 0.15) is 58.3 Å². The number of rotatable bonds is 3. The SMILES string of the molecule is CSC1CCC(SC2CCC(C)CC2)CC1. The van der Waals surface area contributed by atoms with Gasteiger partial charge < -0.3 is 0 Å². The Morgan fingerprint density at radius 1 is 0.688 bits per heavy atom. The Bertz CT molecular complexity index is 189. The van der Waals surface area contributed by atoms with Crippen LogP contribution < -0.4 is 0 Å². The fraction of sp³-hybridized carbons (Fsp3) is 1.00. The lowest BCUT2D eigenvalue weighted by Gasteiger charge is -2.32. The number of hydrogen-bond acceptors (Lipinski definition) is 2. The average Bonchev–Trinajstić information content (AvgIpc) is 2.33. The lowest BCUT2D eigenvalue weighted by Crippen LogP contribution is -2.22. The highest BCUT2D eigenvalue weighted by Crippen LogP contribution is 2.39. The van der Waals surface area contributed by atoms with Gasteiger partial charge in [0.15, 0.2) is 0 Å². The first-order valence-electron chi connectivity index (χ1n) is 6.96. The van der Waals surface area contributed by atoms with Gasteiger partial charge in [0.05, 0.1) is 0 Å². The van der Waals surface area contributed by atoms with Crippen LogP contribution in [0.15, 0.2) is 0 Å². The number of hydrogen-bond donors (Lipinski definition) is 0. The molecule has 16 heavy (non-hydrogen) atoms. The third-order valence-electron chi connectivity index (χ3n) is 4.30. The van der Waals surface area contributed by atoms with Crippen molar-refractivity contribution >= 4 is 23.5 Å². The van der Waals surface area contributed by atoms with Crippen molar-refractivity contribution in [3.63, 3.8) is 0 Å². The summed E-state index contributed by atoms with van der Waals surface area (Å²) in [6.07, 6.45) is 14.2. The van der Waals surface area contributed by atoms with Crippen LogP contribution in [0.3, 0.4) is 0 Å². The first-order valence-corrected chi connectivity index (χ1v) is 9.19. The Balaban J connectivity index is 1.66. The summed E-state index contributed by atoms with van der Waals surface area (Å²) < 4.78 is 0. The van der Waals surface area contributed by atoms with Crippen molar-refractivity contribution in [1.82, 2.24) is 0 Å². The van der Waals surface area contributed by atoms with Gasteiger partial charge in [-0.3, -0.25) is 0 Å². The largest absolute Gasteiger partial charge is 0.162 e. The fourth-order valence-electron chi connectivity index (χ4n) is 3.04. The normalized spacial score (nSPS) is 40.9. The highest BCUT2D eigenvalue weighted by atomic mass is 32.2. The lowest BCUT2D eigenvalue weighted by atomic mass is 9.91. The van der Waals surface area contributed by atoms with Crippen LogP contribution >= 0.6 is 23.5 Å². The van der Waals surface area contributed by atoms with Crippen LogP contribution in [0.4, 0.5) is 0 Å². The van der Waals surface area contributed by atoms with Gasteiger partial charge in [0, 0.05) is 15.7 Å². The molecule has 0 unspecified atom stereocenters. The molecule has 0 saturated heterocycles. The predicted molar refractivity (Wildman–Crippen MR) is 78.6 cm³/mol. The van der Waals surface area contributed by atoms with Crippen molar-refractivity contribution in [2.75, 3.05) is 6.26 Å². The molecule has 0 heterocycles. The summed E-state index contributed by atoms with van der Waals surface area (Å²) in [5.74, 6) is 1.00. The fourth-order valence-corrected chi connectivity index (χ4v) is 5.42. The van der Waals surface area contributed by atoms with Crippen LogP contribution in [0.2, 0.25) is 0 Å². The molecule has 0 spiro atoms. The van der Waals surface area contributed by atoms with Gasteiger partial charge in [-0.15, -0.1) is 0 Å². The Hall–Kier alpha value is 0.700. The van der Waals surface area contributed by atoms with Crippen molar-refractivity contribution < 1.29 is 0 Å². The van der Waals surface area contributed by atoms with Gasteiger partial charge in [0.1, 0.15) is 0 Å². The molecule has 94 valence electrons. The molecular formula is C14H26S2. The van der Waals surface area contributed by atoms with Crippen molar-refractivity contribution in [3.05, 3.63) is 0 Å². The van der Waals surface area contributed by atoms with Gasteiger partial charge in [-0.2, -0.15) is 23.5 Å². The Morgan fingerprint density at radius 3 is 1.62 bits per heavy atom. The molecule has 0 aromatic carbocycles. The van der Waals surface area contributed by atoms with E-state index in [1.165, 1.54) is 51.4 Å². The summed E-state index contributed by atoms with van der Waals surface area (Å²) in [6, 6.07) is 0. The second-order valence-corrected chi connectivity index (χ2v) is 8.40. The van der Waals surface area contributed by atoms with Gasteiger partial charge in [0.25, 0.3) is 0 Å². The molecule has 2 aliphatic carbocycles. The third kappa shape index (κ3) is 3.87. The van der Waals surface area contributed by atoms with Crippen LogP contribution in [0.5, 0.6) is 0 Å². The topological polar surface area (TPSA) is 0 Å². The molecule has 2 rings (SSSR count). The van der Waals surface area contributed by atoms with Crippen molar-refractivity contribution in [2.45, 2.75) is 74.0 Å². The first-order chi connectivity index (χ1) is 7.78. The number of thioether (sulfide) groups is 2. The Labute approximate surface area is 110 Å². The molecule has 0 aromatic heterocycles. The second-order valence-electron chi connectivity index (χ2n) is 5.65. The Kier molecular flexibility index (Phi) is 5.41. The molecule has 0 nitrogen and oxygen atoms in total. The molecule has 0 amide bonds. The molecule has 0 atom stereocenters. The maximum absolute atomic E-state index is 2.42. The maximum atomic E-state index is 2.42. The molecule has 0 aromatic rings. The van der Waals surface area contributed by atoms with Crippen LogP contribution in [0, 0.1) is 5.92 Å². The minimum Gasteiger partial charge on any atom is -0.162 e. The average molecular weight is 258 g/mol. The van der Waals surface area contributed by atoms with Crippen LogP contribution in [0.25, 0.3) is 0 Å². The molecular weight excluding hydrogens is 232 g/mol. The van der Waals surface area contributed by atoms with Gasteiger partial charge in [-0.1, -0.05) is 6.92 Å². The lowest BCUT2D eigenvalue weighted by molar-refractivity contribution is 0.391. The smallest absolute Gasteiger partial charge is 0.00506 e. The highest BCUT2D eigenvalue weighted by Gasteiger charge is 2.25. The summed E-state index contributed by atoms with van der Waals surface area (Å²) in [7, 11) is 0. The minimum atomic E-state index is 0.975. The highest BCUT2D eigenvalue weighted by molar-refractivity contribution is 8.00. The van der Waals surface area contributed by atoms with E-state index in [1.807, 2.05) is 0 Å². The van der Waals surface area contributed by atoms with Gasteiger partial charge in [-0.25, -0.2) is 0 Å². The molecule has 0 radical (unpaired) electrons. The van der Waals surface area contributed by atoms with E-state index >= 15 is 0 Å². The van der Waals surface area contributed by atoms with Gasteiger partial charge in [-0.05, 0) is 63.5 Å². The molecule has 2 saturated carbocycles. The van der Waals surface area contributed by atoms with E-state index in [-0.39, 0.29) is 0 Å². The molecule has 0 N–H and O–H groups in total. The zero-order valence-electron chi connectivity index (χ0n) is 10.8. The van der Waals surface area contributed by atoms with Crippen molar-refractivity contribution in [3.8, 4) is 0 Å². The Morgan fingerprint density at radius 2 is 1.12 bits per heavy atom. The van der Waals surface area contributed by atoms with E-state index in [9.17, 15) is 0 Å². The van der Waals surface area contributed by atoms with Gasteiger partial charge >= 0.3 is 0 Å². The zero-order chi connectivity index (χ0) is 11.4. The molecule has 2 fully saturated rings. The zero-order valence-corrected chi connectivity index (χ0v) is 12.4. The molecule has 0 bridgehead atoms. The van der Waals surface area contributed by atoms with E-state index in [0.717, 1.165) is 21.7 Å². The molecule has 0 aliphatic heterocycles.